The fourth-order valence-corrected chi connectivity index (χ4v) is 2.49. The molecule has 3 rings (SSSR count). The second-order valence-electron chi connectivity index (χ2n) is 5.08. The number of aliphatic carboxylic acids is 1. The number of ether oxygens (including phenoxy) is 1. The van der Waals surface area contributed by atoms with Crippen LogP contribution in [-0.2, 0) is 4.79 Å². The largest absolute Gasteiger partial charge is 0.494 e. The normalized spacial score (nSPS) is 11.0. The summed E-state index contributed by atoms with van der Waals surface area (Å²) < 4.78 is 5.68. The molecule has 0 radical (unpaired) electrons. The number of aromatic nitrogens is 1. The van der Waals surface area contributed by atoms with E-state index in [4.69, 9.17) is 9.84 Å². The van der Waals surface area contributed by atoms with Gasteiger partial charge in [0.25, 0.3) is 0 Å². The number of para-hydroxylation sites is 1. The molecular weight excluding hydrogens is 266 g/mol. The smallest absolute Gasteiger partial charge is 0.303 e. The Morgan fingerprint density at radius 1 is 1.05 bits per heavy atom. The van der Waals surface area contributed by atoms with E-state index in [-0.39, 0.29) is 6.42 Å². The van der Waals surface area contributed by atoms with Gasteiger partial charge >= 0.3 is 5.97 Å². The highest BCUT2D eigenvalue weighted by molar-refractivity contribution is 6.07. The zero-order valence-corrected chi connectivity index (χ0v) is 11.6. The van der Waals surface area contributed by atoms with Gasteiger partial charge in [0.15, 0.2) is 0 Å². The molecule has 0 bridgehead atoms. The molecule has 0 saturated carbocycles. The minimum Gasteiger partial charge on any atom is -0.494 e. The number of carbonyl (C=O) groups is 1. The van der Waals surface area contributed by atoms with Crippen LogP contribution in [0, 0.1) is 0 Å². The van der Waals surface area contributed by atoms with Crippen molar-refractivity contribution in [2.75, 3.05) is 6.61 Å². The summed E-state index contributed by atoms with van der Waals surface area (Å²) in [7, 11) is 0. The second kappa shape index (κ2) is 5.87. The average Bonchev–Trinajstić information content (AvgIpc) is 2.84. The number of rotatable bonds is 6. The van der Waals surface area contributed by atoms with Crippen LogP contribution in [0.3, 0.4) is 0 Å². The Morgan fingerprint density at radius 2 is 1.86 bits per heavy atom. The highest BCUT2D eigenvalue weighted by atomic mass is 16.5. The van der Waals surface area contributed by atoms with Crippen molar-refractivity contribution in [1.29, 1.82) is 0 Å². The number of benzene rings is 2. The summed E-state index contributed by atoms with van der Waals surface area (Å²) in [6.45, 7) is 0.541. The molecule has 1 heterocycles. The standard InChI is InChI=1S/C17H17NO3/c19-17(20)7-3-4-10-21-12-8-9-14-13-5-1-2-6-15(13)18-16(14)11-12/h1-2,5-6,8-9,11,18H,3-4,7,10H2,(H,19,20). The topological polar surface area (TPSA) is 62.3 Å². The fourth-order valence-electron chi connectivity index (χ4n) is 2.49. The molecule has 2 aromatic carbocycles. The molecule has 21 heavy (non-hydrogen) atoms. The molecule has 0 atom stereocenters. The predicted octanol–water partition coefficient (Wildman–Crippen LogP) is 3.95. The first-order valence-electron chi connectivity index (χ1n) is 7.09. The van der Waals surface area contributed by atoms with Crippen LogP contribution in [-0.4, -0.2) is 22.7 Å². The van der Waals surface area contributed by atoms with Gasteiger partial charge in [-0.25, -0.2) is 0 Å². The molecule has 4 nitrogen and oxygen atoms in total. The lowest BCUT2D eigenvalue weighted by Crippen LogP contribution is -2.00. The number of hydrogen-bond donors (Lipinski definition) is 2. The molecule has 0 amide bonds. The molecule has 0 aliphatic rings. The number of aromatic amines is 1. The average molecular weight is 283 g/mol. The summed E-state index contributed by atoms with van der Waals surface area (Å²) in [5, 5.41) is 11.0. The summed E-state index contributed by atoms with van der Waals surface area (Å²) in [6, 6.07) is 14.2. The lowest BCUT2D eigenvalue weighted by atomic mass is 10.1. The summed E-state index contributed by atoms with van der Waals surface area (Å²) in [6.07, 6.45) is 1.59. The number of fused-ring (bicyclic) bond motifs is 3. The minimum atomic E-state index is -0.755. The van der Waals surface area contributed by atoms with Crippen LogP contribution < -0.4 is 4.74 Å². The van der Waals surface area contributed by atoms with E-state index in [9.17, 15) is 4.79 Å². The summed E-state index contributed by atoms with van der Waals surface area (Å²) >= 11 is 0. The second-order valence-corrected chi connectivity index (χ2v) is 5.08. The van der Waals surface area contributed by atoms with Crippen molar-refractivity contribution >= 4 is 27.8 Å². The fraction of sp³-hybridized carbons (Fsp3) is 0.235. The van der Waals surface area contributed by atoms with Crippen molar-refractivity contribution in [3.8, 4) is 5.75 Å². The van der Waals surface area contributed by atoms with Crippen LogP contribution in [0.4, 0.5) is 0 Å². The van der Waals surface area contributed by atoms with Gasteiger partial charge in [0.05, 0.1) is 12.1 Å². The monoisotopic (exact) mass is 283 g/mol. The van der Waals surface area contributed by atoms with Gasteiger partial charge in [-0.2, -0.15) is 0 Å². The van der Waals surface area contributed by atoms with E-state index in [0.29, 0.717) is 13.0 Å². The Hall–Kier alpha value is -2.49. The zero-order valence-electron chi connectivity index (χ0n) is 11.6. The molecule has 3 aromatic rings. The van der Waals surface area contributed by atoms with E-state index in [1.807, 2.05) is 24.3 Å². The van der Waals surface area contributed by atoms with Crippen LogP contribution in [0.5, 0.6) is 5.75 Å². The first-order valence-corrected chi connectivity index (χ1v) is 7.09. The van der Waals surface area contributed by atoms with Gasteiger partial charge in [-0.3, -0.25) is 4.79 Å². The Labute approximate surface area is 122 Å². The summed E-state index contributed by atoms with van der Waals surface area (Å²) in [5.41, 5.74) is 2.17. The Morgan fingerprint density at radius 3 is 2.71 bits per heavy atom. The molecule has 4 heteroatoms. The maximum atomic E-state index is 10.4. The first-order chi connectivity index (χ1) is 10.2. The number of H-pyrrole nitrogens is 1. The predicted molar refractivity (Wildman–Crippen MR) is 82.8 cm³/mol. The van der Waals surface area contributed by atoms with Crippen LogP contribution in [0.15, 0.2) is 42.5 Å². The maximum absolute atomic E-state index is 10.4. The third-order valence-corrected chi connectivity index (χ3v) is 3.53. The Bertz CT molecular complexity index is 776. The molecule has 2 N–H and O–H groups in total. The van der Waals surface area contributed by atoms with Crippen LogP contribution >= 0.6 is 0 Å². The van der Waals surface area contributed by atoms with Crippen molar-refractivity contribution < 1.29 is 14.6 Å². The number of carboxylic acid groups (broad SMARTS) is 1. The van der Waals surface area contributed by atoms with E-state index in [1.165, 1.54) is 10.8 Å². The van der Waals surface area contributed by atoms with E-state index in [2.05, 4.69) is 23.2 Å². The van der Waals surface area contributed by atoms with Crippen LogP contribution in [0.25, 0.3) is 21.8 Å². The molecule has 1 aromatic heterocycles. The number of carboxylic acids is 1. The van der Waals surface area contributed by atoms with Gasteiger partial charge in [-0.15, -0.1) is 0 Å². The van der Waals surface area contributed by atoms with Gasteiger partial charge in [-0.05, 0) is 31.0 Å². The number of unbranched alkanes of at least 4 members (excludes halogenated alkanes) is 1. The van der Waals surface area contributed by atoms with Crippen LogP contribution in [0.1, 0.15) is 19.3 Å². The maximum Gasteiger partial charge on any atom is 0.303 e. The highest BCUT2D eigenvalue weighted by Crippen LogP contribution is 2.28. The molecular formula is C17H17NO3. The lowest BCUT2D eigenvalue weighted by Gasteiger charge is -2.05. The molecule has 0 unspecified atom stereocenters. The summed E-state index contributed by atoms with van der Waals surface area (Å²) in [5.74, 6) is 0.0545. The van der Waals surface area contributed by atoms with Crippen molar-refractivity contribution in [1.82, 2.24) is 4.98 Å². The van der Waals surface area contributed by atoms with Gasteiger partial charge in [-0.1, -0.05) is 18.2 Å². The SMILES string of the molecule is O=C(O)CCCCOc1ccc2c(c1)[nH]c1ccccc12. The Kier molecular flexibility index (Phi) is 3.77. The molecule has 108 valence electrons. The Balaban J connectivity index is 1.69. The van der Waals surface area contributed by atoms with Crippen molar-refractivity contribution in [3.63, 3.8) is 0 Å². The number of nitrogens with one attached hydrogen (secondary N) is 1. The molecule has 0 saturated heterocycles. The van der Waals surface area contributed by atoms with Crippen molar-refractivity contribution in [2.24, 2.45) is 0 Å². The molecule has 0 fully saturated rings. The number of hydrogen-bond acceptors (Lipinski definition) is 2. The van der Waals surface area contributed by atoms with E-state index >= 15 is 0 Å². The minimum absolute atomic E-state index is 0.199. The van der Waals surface area contributed by atoms with E-state index < -0.39 is 5.97 Å². The van der Waals surface area contributed by atoms with Gasteiger partial charge in [0.1, 0.15) is 5.75 Å². The molecule has 0 aliphatic carbocycles. The van der Waals surface area contributed by atoms with Crippen molar-refractivity contribution in [3.05, 3.63) is 42.5 Å². The molecule has 0 spiro atoms. The van der Waals surface area contributed by atoms with Gasteiger partial charge < -0.3 is 14.8 Å². The quantitative estimate of drug-likeness (QED) is 0.673. The summed E-state index contributed by atoms with van der Waals surface area (Å²) in [4.78, 5) is 13.8. The highest BCUT2D eigenvalue weighted by Gasteiger charge is 2.05. The third-order valence-electron chi connectivity index (χ3n) is 3.53. The van der Waals surface area contributed by atoms with E-state index in [0.717, 1.165) is 23.2 Å². The van der Waals surface area contributed by atoms with Gasteiger partial charge in [0.2, 0.25) is 0 Å². The third kappa shape index (κ3) is 2.99. The lowest BCUT2D eigenvalue weighted by molar-refractivity contribution is -0.137. The van der Waals surface area contributed by atoms with Crippen LogP contribution in [0.2, 0.25) is 0 Å². The molecule has 0 aliphatic heterocycles. The zero-order chi connectivity index (χ0) is 14.7. The van der Waals surface area contributed by atoms with Gasteiger partial charge in [0, 0.05) is 28.8 Å². The van der Waals surface area contributed by atoms with E-state index in [1.54, 1.807) is 0 Å². The van der Waals surface area contributed by atoms with Crippen molar-refractivity contribution in [2.45, 2.75) is 19.3 Å². The first kappa shape index (κ1) is 13.5.